The van der Waals surface area contributed by atoms with Crippen molar-refractivity contribution < 1.29 is 4.42 Å². The molecule has 1 N–H and O–H groups in total. The molecule has 0 bridgehead atoms. The zero-order valence-electron chi connectivity index (χ0n) is 8.57. The van der Waals surface area contributed by atoms with E-state index in [-0.39, 0.29) is 0 Å². The topological polar surface area (TPSA) is 41.3 Å². The van der Waals surface area contributed by atoms with Crippen LogP contribution in [0.2, 0.25) is 0 Å². The molecular formula is C10H17N3O. The Hall–Kier alpha value is -1.03. The highest BCUT2D eigenvalue weighted by Gasteiger charge is 2.15. The summed E-state index contributed by atoms with van der Waals surface area (Å²) in [4.78, 5) is 6.44. The van der Waals surface area contributed by atoms with E-state index in [1.54, 1.807) is 12.5 Å². The number of rotatable bonds is 2. The van der Waals surface area contributed by atoms with E-state index >= 15 is 0 Å². The summed E-state index contributed by atoms with van der Waals surface area (Å²) < 4.78 is 5.17. The van der Waals surface area contributed by atoms with E-state index in [1.165, 1.54) is 25.8 Å². The lowest BCUT2D eigenvalue weighted by Crippen LogP contribution is -2.23. The van der Waals surface area contributed by atoms with Gasteiger partial charge in [0.25, 0.3) is 6.01 Å². The molecule has 1 atom stereocenters. The Morgan fingerprint density at radius 3 is 3.21 bits per heavy atom. The first-order valence-corrected chi connectivity index (χ1v) is 5.19. The van der Waals surface area contributed by atoms with Crippen molar-refractivity contribution in [2.45, 2.75) is 25.3 Å². The summed E-state index contributed by atoms with van der Waals surface area (Å²) in [7, 11) is 2.17. The van der Waals surface area contributed by atoms with Crippen LogP contribution in [0.4, 0.5) is 6.01 Å². The summed E-state index contributed by atoms with van der Waals surface area (Å²) in [5.74, 6) is 0. The molecular weight excluding hydrogens is 178 g/mol. The van der Waals surface area contributed by atoms with Gasteiger partial charge in [0.2, 0.25) is 0 Å². The average Bonchev–Trinajstić information content (AvgIpc) is 2.58. The molecule has 0 aliphatic carbocycles. The standard InChI is InChI=1S/C10H17N3O/c1-13-6-2-3-9(4-7-13)12-10-11-5-8-14-10/h5,8-9H,2-4,6-7H2,1H3,(H,11,12). The first-order valence-electron chi connectivity index (χ1n) is 5.19. The summed E-state index contributed by atoms with van der Waals surface area (Å²) in [5, 5.41) is 3.32. The molecule has 1 aromatic rings. The normalized spacial score (nSPS) is 24.5. The highest BCUT2D eigenvalue weighted by atomic mass is 16.4. The van der Waals surface area contributed by atoms with Crippen LogP contribution in [0.5, 0.6) is 0 Å². The molecule has 0 amide bonds. The fourth-order valence-electron chi connectivity index (χ4n) is 1.85. The van der Waals surface area contributed by atoms with Crippen molar-refractivity contribution in [2.75, 3.05) is 25.5 Å². The Labute approximate surface area is 84.3 Å². The number of hydrogen-bond donors (Lipinski definition) is 1. The Morgan fingerprint density at radius 2 is 2.43 bits per heavy atom. The second-order valence-electron chi connectivity index (χ2n) is 3.91. The molecule has 4 heteroatoms. The van der Waals surface area contributed by atoms with E-state index in [2.05, 4.69) is 22.2 Å². The highest BCUT2D eigenvalue weighted by molar-refractivity contribution is 5.20. The molecule has 1 aromatic heterocycles. The van der Waals surface area contributed by atoms with E-state index in [0.717, 1.165) is 6.54 Å². The Bertz CT molecular complexity index is 260. The summed E-state index contributed by atoms with van der Waals surface area (Å²) in [6.45, 7) is 2.35. The molecule has 2 heterocycles. The van der Waals surface area contributed by atoms with Crippen molar-refractivity contribution in [3.63, 3.8) is 0 Å². The molecule has 1 saturated heterocycles. The van der Waals surface area contributed by atoms with Gasteiger partial charge in [0, 0.05) is 6.04 Å². The first kappa shape index (κ1) is 9.52. The number of aromatic nitrogens is 1. The van der Waals surface area contributed by atoms with Gasteiger partial charge in [-0.3, -0.25) is 0 Å². The SMILES string of the molecule is CN1CCCC(Nc2ncco2)CC1. The molecule has 0 aromatic carbocycles. The largest absolute Gasteiger partial charge is 0.432 e. The van der Waals surface area contributed by atoms with Crippen LogP contribution >= 0.6 is 0 Å². The Kier molecular flexibility index (Phi) is 3.03. The highest BCUT2D eigenvalue weighted by Crippen LogP contribution is 2.14. The van der Waals surface area contributed by atoms with Gasteiger partial charge in [0.15, 0.2) is 0 Å². The summed E-state index contributed by atoms with van der Waals surface area (Å²) in [5.41, 5.74) is 0. The van der Waals surface area contributed by atoms with E-state index in [0.29, 0.717) is 12.1 Å². The fourth-order valence-corrected chi connectivity index (χ4v) is 1.85. The lowest BCUT2D eigenvalue weighted by molar-refractivity contribution is 0.348. The quantitative estimate of drug-likeness (QED) is 0.777. The number of nitrogens with zero attached hydrogens (tertiary/aromatic N) is 2. The second kappa shape index (κ2) is 4.46. The fraction of sp³-hybridized carbons (Fsp3) is 0.700. The Balaban J connectivity index is 1.86. The number of oxazole rings is 1. The minimum Gasteiger partial charge on any atom is -0.432 e. The number of nitrogens with one attached hydrogen (secondary N) is 1. The van der Waals surface area contributed by atoms with Crippen LogP contribution in [0.25, 0.3) is 0 Å². The molecule has 4 nitrogen and oxygen atoms in total. The number of likely N-dealkylation sites (tertiary alicyclic amines) is 1. The van der Waals surface area contributed by atoms with Crippen molar-refractivity contribution in [3.8, 4) is 0 Å². The van der Waals surface area contributed by atoms with Crippen LogP contribution in [0.15, 0.2) is 16.9 Å². The molecule has 1 fully saturated rings. The van der Waals surface area contributed by atoms with Crippen LogP contribution in [-0.4, -0.2) is 36.1 Å². The molecule has 0 radical (unpaired) electrons. The third kappa shape index (κ3) is 2.48. The second-order valence-corrected chi connectivity index (χ2v) is 3.91. The minimum atomic E-state index is 0.513. The van der Waals surface area contributed by atoms with Gasteiger partial charge in [-0.15, -0.1) is 0 Å². The molecule has 0 spiro atoms. The summed E-state index contributed by atoms with van der Waals surface area (Å²) in [6.07, 6.45) is 6.89. The van der Waals surface area contributed by atoms with Crippen LogP contribution < -0.4 is 5.32 Å². The molecule has 1 aliphatic heterocycles. The van der Waals surface area contributed by atoms with Gasteiger partial charge in [-0.2, -0.15) is 0 Å². The van der Waals surface area contributed by atoms with E-state index in [4.69, 9.17) is 4.42 Å². The van der Waals surface area contributed by atoms with Crippen LogP contribution in [0.1, 0.15) is 19.3 Å². The molecule has 1 unspecified atom stereocenters. The van der Waals surface area contributed by atoms with Crippen LogP contribution in [0.3, 0.4) is 0 Å². The van der Waals surface area contributed by atoms with Crippen molar-refractivity contribution in [3.05, 3.63) is 12.5 Å². The predicted octanol–water partition coefficient (Wildman–Crippen LogP) is 1.57. The summed E-state index contributed by atoms with van der Waals surface area (Å²) in [6, 6.07) is 1.16. The van der Waals surface area contributed by atoms with Gasteiger partial charge in [0.1, 0.15) is 6.26 Å². The number of hydrogen-bond acceptors (Lipinski definition) is 4. The van der Waals surface area contributed by atoms with Gasteiger partial charge in [-0.25, -0.2) is 4.98 Å². The lowest BCUT2D eigenvalue weighted by Gasteiger charge is -2.15. The molecule has 0 saturated carbocycles. The van der Waals surface area contributed by atoms with Crippen LogP contribution in [-0.2, 0) is 0 Å². The van der Waals surface area contributed by atoms with Crippen molar-refractivity contribution in [1.82, 2.24) is 9.88 Å². The number of anilines is 1. The third-order valence-electron chi connectivity index (χ3n) is 2.71. The molecule has 14 heavy (non-hydrogen) atoms. The van der Waals surface area contributed by atoms with Gasteiger partial charge in [-0.1, -0.05) is 0 Å². The van der Waals surface area contributed by atoms with E-state index < -0.39 is 0 Å². The predicted molar refractivity (Wildman–Crippen MR) is 55.3 cm³/mol. The smallest absolute Gasteiger partial charge is 0.294 e. The molecule has 2 rings (SSSR count). The maximum absolute atomic E-state index is 5.17. The zero-order valence-corrected chi connectivity index (χ0v) is 8.57. The van der Waals surface area contributed by atoms with Crippen LogP contribution in [0, 0.1) is 0 Å². The third-order valence-corrected chi connectivity index (χ3v) is 2.71. The van der Waals surface area contributed by atoms with Crippen molar-refractivity contribution in [1.29, 1.82) is 0 Å². The Morgan fingerprint density at radius 1 is 1.50 bits per heavy atom. The minimum absolute atomic E-state index is 0.513. The maximum atomic E-state index is 5.17. The zero-order chi connectivity index (χ0) is 9.80. The van der Waals surface area contributed by atoms with Gasteiger partial charge >= 0.3 is 0 Å². The molecule has 78 valence electrons. The van der Waals surface area contributed by atoms with Gasteiger partial charge < -0.3 is 14.6 Å². The van der Waals surface area contributed by atoms with Gasteiger partial charge in [-0.05, 0) is 39.4 Å². The summed E-state index contributed by atoms with van der Waals surface area (Å²) >= 11 is 0. The monoisotopic (exact) mass is 195 g/mol. The maximum Gasteiger partial charge on any atom is 0.294 e. The van der Waals surface area contributed by atoms with Crippen molar-refractivity contribution in [2.24, 2.45) is 0 Å². The first-order chi connectivity index (χ1) is 6.84. The van der Waals surface area contributed by atoms with Gasteiger partial charge in [0.05, 0.1) is 6.20 Å². The lowest BCUT2D eigenvalue weighted by atomic mass is 10.1. The average molecular weight is 195 g/mol. The van der Waals surface area contributed by atoms with Crippen molar-refractivity contribution >= 4 is 6.01 Å². The molecule has 1 aliphatic rings. The van der Waals surface area contributed by atoms with E-state index in [9.17, 15) is 0 Å². The van der Waals surface area contributed by atoms with E-state index in [1.807, 2.05) is 0 Å².